The summed E-state index contributed by atoms with van der Waals surface area (Å²) in [5.41, 5.74) is 4.02. The smallest absolute Gasteiger partial charge is 0.336 e. The van der Waals surface area contributed by atoms with Crippen LogP contribution in [-0.2, 0) is 6.42 Å². The van der Waals surface area contributed by atoms with E-state index in [0.717, 1.165) is 55.2 Å². The van der Waals surface area contributed by atoms with Crippen LogP contribution in [-0.4, -0.2) is 16.2 Å². The maximum absolute atomic E-state index is 11.8. The van der Waals surface area contributed by atoms with Crippen molar-refractivity contribution in [2.24, 2.45) is 0 Å². The zero-order valence-electron chi connectivity index (χ0n) is 14.5. The monoisotopic (exact) mass is 316 g/mol. The summed E-state index contributed by atoms with van der Waals surface area (Å²) >= 11 is 0. The van der Waals surface area contributed by atoms with Crippen molar-refractivity contribution in [1.82, 2.24) is 0 Å². The van der Waals surface area contributed by atoms with E-state index in [1.54, 1.807) is 6.07 Å². The number of aryl methyl sites for hydroxylation is 1. The fourth-order valence-corrected chi connectivity index (χ4v) is 3.75. The van der Waals surface area contributed by atoms with Gasteiger partial charge in [0, 0.05) is 11.5 Å². The zero-order chi connectivity index (χ0) is 17.0. The summed E-state index contributed by atoms with van der Waals surface area (Å²) in [5.74, 6) is -0.492. The molecule has 126 valence electrons. The molecule has 1 aromatic carbocycles. The minimum atomic E-state index is -0.883. The maximum atomic E-state index is 11.8. The SMILES string of the molecule is CCCCCc1cc(O)c(C2C=C(C)CCC2)c(C)c1C(=O)O. The Kier molecular flexibility index (Phi) is 5.86. The number of aromatic hydroxyl groups is 1. The minimum absolute atomic E-state index is 0.131. The number of rotatable bonds is 6. The molecule has 0 radical (unpaired) electrons. The van der Waals surface area contributed by atoms with Crippen molar-refractivity contribution in [3.63, 3.8) is 0 Å². The van der Waals surface area contributed by atoms with Gasteiger partial charge in [-0.25, -0.2) is 4.79 Å². The van der Waals surface area contributed by atoms with E-state index in [9.17, 15) is 15.0 Å². The Morgan fingerprint density at radius 1 is 1.30 bits per heavy atom. The van der Waals surface area contributed by atoms with E-state index >= 15 is 0 Å². The molecule has 1 atom stereocenters. The zero-order valence-corrected chi connectivity index (χ0v) is 14.5. The molecule has 1 aromatic rings. The molecule has 23 heavy (non-hydrogen) atoms. The highest BCUT2D eigenvalue weighted by molar-refractivity contribution is 5.92. The van der Waals surface area contributed by atoms with Crippen molar-refractivity contribution < 1.29 is 15.0 Å². The molecule has 0 saturated heterocycles. The largest absolute Gasteiger partial charge is 0.508 e. The van der Waals surface area contributed by atoms with Gasteiger partial charge in [0.15, 0.2) is 0 Å². The number of carbonyl (C=O) groups is 1. The summed E-state index contributed by atoms with van der Waals surface area (Å²) in [6.07, 6.45) is 9.18. The number of carboxylic acids is 1. The number of allylic oxidation sites excluding steroid dienone is 2. The Hall–Kier alpha value is -1.77. The predicted molar refractivity (Wildman–Crippen MR) is 93.4 cm³/mol. The van der Waals surface area contributed by atoms with Gasteiger partial charge in [-0.1, -0.05) is 31.4 Å². The Morgan fingerprint density at radius 3 is 2.65 bits per heavy atom. The average molecular weight is 316 g/mol. The van der Waals surface area contributed by atoms with Gasteiger partial charge in [-0.05, 0) is 63.1 Å². The number of aromatic carboxylic acids is 1. The highest BCUT2D eigenvalue weighted by Crippen LogP contribution is 2.40. The lowest BCUT2D eigenvalue weighted by Gasteiger charge is -2.24. The minimum Gasteiger partial charge on any atom is -0.508 e. The molecule has 2 N–H and O–H groups in total. The molecule has 3 nitrogen and oxygen atoms in total. The quantitative estimate of drug-likeness (QED) is 0.550. The van der Waals surface area contributed by atoms with Crippen LogP contribution in [0.15, 0.2) is 17.7 Å². The molecule has 0 fully saturated rings. The van der Waals surface area contributed by atoms with Crippen molar-refractivity contribution in [3.8, 4) is 5.75 Å². The maximum Gasteiger partial charge on any atom is 0.336 e. The van der Waals surface area contributed by atoms with E-state index < -0.39 is 5.97 Å². The lowest BCUT2D eigenvalue weighted by Crippen LogP contribution is -2.12. The number of hydrogen-bond donors (Lipinski definition) is 2. The van der Waals surface area contributed by atoms with E-state index in [2.05, 4.69) is 19.9 Å². The summed E-state index contributed by atoms with van der Waals surface area (Å²) in [6, 6.07) is 1.69. The van der Waals surface area contributed by atoms with Crippen molar-refractivity contribution in [3.05, 3.63) is 40.0 Å². The molecule has 0 aliphatic heterocycles. The molecule has 0 spiro atoms. The fourth-order valence-electron chi connectivity index (χ4n) is 3.75. The van der Waals surface area contributed by atoms with Crippen LogP contribution < -0.4 is 0 Å². The molecule has 0 heterocycles. The van der Waals surface area contributed by atoms with Crippen LogP contribution >= 0.6 is 0 Å². The van der Waals surface area contributed by atoms with Crippen LogP contribution in [0.3, 0.4) is 0 Å². The average Bonchev–Trinajstić information content (AvgIpc) is 2.46. The Morgan fingerprint density at radius 2 is 2.04 bits per heavy atom. The summed E-state index contributed by atoms with van der Waals surface area (Å²) in [6.45, 7) is 6.08. The number of hydrogen-bond acceptors (Lipinski definition) is 2. The first kappa shape index (κ1) is 17.6. The van der Waals surface area contributed by atoms with Gasteiger partial charge in [0.25, 0.3) is 0 Å². The van der Waals surface area contributed by atoms with E-state index in [-0.39, 0.29) is 11.7 Å². The van der Waals surface area contributed by atoms with Crippen LogP contribution in [0.4, 0.5) is 0 Å². The van der Waals surface area contributed by atoms with Crippen LogP contribution in [0.2, 0.25) is 0 Å². The van der Waals surface area contributed by atoms with Crippen molar-refractivity contribution in [2.45, 2.75) is 71.6 Å². The van der Waals surface area contributed by atoms with Crippen LogP contribution in [0.5, 0.6) is 5.75 Å². The van der Waals surface area contributed by atoms with E-state index in [1.165, 1.54) is 5.57 Å². The molecule has 0 bridgehead atoms. The first-order valence-electron chi connectivity index (χ1n) is 8.71. The van der Waals surface area contributed by atoms with Gasteiger partial charge in [-0.3, -0.25) is 0 Å². The summed E-state index contributed by atoms with van der Waals surface area (Å²) < 4.78 is 0. The van der Waals surface area contributed by atoms with Gasteiger partial charge in [-0.15, -0.1) is 0 Å². The molecule has 0 aromatic heterocycles. The molecule has 1 unspecified atom stereocenters. The Bertz CT molecular complexity index is 614. The molecule has 2 rings (SSSR count). The third kappa shape index (κ3) is 3.95. The van der Waals surface area contributed by atoms with E-state index in [1.807, 2.05) is 6.92 Å². The van der Waals surface area contributed by atoms with Crippen molar-refractivity contribution in [2.75, 3.05) is 0 Å². The first-order chi connectivity index (χ1) is 11.0. The summed E-state index contributed by atoms with van der Waals surface area (Å²) in [4.78, 5) is 11.8. The Labute approximate surface area is 139 Å². The van der Waals surface area contributed by atoms with Gasteiger partial charge in [0.2, 0.25) is 0 Å². The summed E-state index contributed by atoms with van der Waals surface area (Å²) in [7, 11) is 0. The number of phenolic OH excluding ortho intramolecular Hbond substituents is 1. The molecule has 0 amide bonds. The lowest BCUT2D eigenvalue weighted by atomic mass is 9.81. The molecule has 1 aliphatic rings. The fraction of sp³-hybridized carbons (Fsp3) is 0.550. The van der Waals surface area contributed by atoms with Crippen molar-refractivity contribution >= 4 is 5.97 Å². The molecular formula is C20H28O3. The third-order valence-electron chi connectivity index (χ3n) is 4.89. The predicted octanol–water partition coefficient (Wildman–Crippen LogP) is 5.35. The van der Waals surface area contributed by atoms with Crippen molar-refractivity contribution in [1.29, 1.82) is 0 Å². The standard InChI is InChI=1S/C20H28O3/c1-4-5-6-9-16-12-17(21)18(14(3)19(16)20(22)23)15-10-7-8-13(2)11-15/h11-12,15,21H,4-10H2,1-3H3,(H,22,23). The number of carboxylic acid groups (broad SMARTS) is 1. The van der Waals surface area contributed by atoms with Gasteiger partial charge in [0.1, 0.15) is 5.75 Å². The summed E-state index contributed by atoms with van der Waals surface area (Å²) in [5, 5.41) is 20.2. The molecule has 0 saturated carbocycles. The van der Waals surface area contributed by atoms with Crippen LogP contribution in [0.1, 0.15) is 85.3 Å². The number of unbranched alkanes of at least 4 members (excludes halogenated alkanes) is 2. The Balaban J connectivity index is 2.46. The second-order valence-corrected chi connectivity index (χ2v) is 6.74. The second-order valence-electron chi connectivity index (χ2n) is 6.74. The van der Waals surface area contributed by atoms with Crippen LogP contribution in [0, 0.1) is 6.92 Å². The van der Waals surface area contributed by atoms with Gasteiger partial charge in [-0.2, -0.15) is 0 Å². The molecule has 1 aliphatic carbocycles. The topological polar surface area (TPSA) is 57.5 Å². The third-order valence-corrected chi connectivity index (χ3v) is 4.89. The number of benzene rings is 1. The van der Waals surface area contributed by atoms with Crippen LogP contribution in [0.25, 0.3) is 0 Å². The van der Waals surface area contributed by atoms with E-state index in [0.29, 0.717) is 12.0 Å². The van der Waals surface area contributed by atoms with E-state index in [4.69, 9.17) is 0 Å². The first-order valence-corrected chi connectivity index (χ1v) is 8.71. The van der Waals surface area contributed by atoms with Gasteiger partial charge >= 0.3 is 5.97 Å². The van der Waals surface area contributed by atoms with Gasteiger partial charge < -0.3 is 10.2 Å². The van der Waals surface area contributed by atoms with Gasteiger partial charge in [0.05, 0.1) is 5.56 Å². The number of phenols is 1. The highest BCUT2D eigenvalue weighted by Gasteiger charge is 2.25. The molecular weight excluding hydrogens is 288 g/mol. The normalized spacial score (nSPS) is 17.9. The lowest BCUT2D eigenvalue weighted by molar-refractivity contribution is 0.0694. The molecule has 3 heteroatoms. The second kappa shape index (κ2) is 7.67. The highest BCUT2D eigenvalue weighted by atomic mass is 16.4.